The number of fused-ring (bicyclic) bond motifs is 1. The maximum atomic E-state index is 13.3. The van der Waals surface area contributed by atoms with Crippen LogP contribution < -0.4 is 15.4 Å². The highest BCUT2D eigenvalue weighted by Gasteiger charge is 2.60. The molecule has 1 amide bonds. The predicted octanol–water partition coefficient (Wildman–Crippen LogP) is 3.93. The number of rotatable bonds is 10. The molecule has 0 spiro atoms. The topological polar surface area (TPSA) is 138 Å². The standard InChI is InChI=1S/C31H30N4O5S.2ClH/c1-2-22-15-31(22,28(36)18-41(38,39)24-11-12-24)35-29(37)27-14-23(17-33-27)40-30-25-6-4-3-5-21(25)13-26(34-30)20-9-7-19(16-32)8-10-20;;/h2-10,13,22-24,27,33H,1,11-12,14-15,17-18H2,(H,35,37);2*1H/t22-,23-,27+,31-;;/m1../s1. The number of carbonyl (C=O) groups is 2. The van der Waals surface area contributed by atoms with E-state index in [1.807, 2.05) is 42.5 Å². The smallest absolute Gasteiger partial charge is 0.238 e. The van der Waals surface area contributed by atoms with Crippen LogP contribution in [0, 0.1) is 17.2 Å². The molecule has 3 aromatic rings. The number of ketones is 1. The van der Waals surface area contributed by atoms with E-state index >= 15 is 0 Å². The highest BCUT2D eigenvalue weighted by molar-refractivity contribution is 7.93. The van der Waals surface area contributed by atoms with Gasteiger partial charge < -0.3 is 15.4 Å². The van der Waals surface area contributed by atoms with Crippen LogP contribution in [0.3, 0.4) is 0 Å². The number of sulfone groups is 1. The first-order valence-corrected chi connectivity index (χ1v) is 15.4. The van der Waals surface area contributed by atoms with Gasteiger partial charge in [0.15, 0.2) is 15.6 Å². The van der Waals surface area contributed by atoms with E-state index in [1.54, 1.807) is 18.2 Å². The third-order valence-corrected chi connectivity index (χ3v) is 10.4. The molecule has 2 N–H and O–H groups in total. The molecule has 0 unspecified atom stereocenters. The van der Waals surface area contributed by atoms with Crippen molar-refractivity contribution in [3.63, 3.8) is 0 Å². The maximum Gasteiger partial charge on any atom is 0.238 e. The van der Waals surface area contributed by atoms with Crippen molar-refractivity contribution in [2.75, 3.05) is 12.3 Å². The van der Waals surface area contributed by atoms with Crippen LogP contribution in [0.5, 0.6) is 5.88 Å². The molecular weight excluding hydrogens is 611 g/mol. The Morgan fingerprint density at radius 2 is 1.88 bits per heavy atom. The van der Waals surface area contributed by atoms with Gasteiger partial charge in [-0.3, -0.25) is 9.59 Å². The molecule has 1 aromatic heterocycles. The van der Waals surface area contributed by atoms with E-state index in [1.165, 1.54) is 0 Å². The van der Waals surface area contributed by atoms with Gasteiger partial charge in [-0.2, -0.15) is 5.26 Å². The molecule has 0 bridgehead atoms. The molecule has 4 atom stereocenters. The van der Waals surface area contributed by atoms with Crippen LogP contribution in [0.15, 0.2) is 67.3 Å². The zero-order valence-corrected chi connectivity index (χ0v) is 25.6. The molecule has 2 saturated carbocycles. The lowest BCUT2D eigenvalue weighted by Crippen LogP contribution is -2.52. The summed E-state index contributed by atoms with van der Waals surface area (Å²) in [4.78, 5) is 31.2. The summed E-state index contributed by atoms with van der Waals surface area (Å²) in [5.74, 6) is -1.23. The molecule has 1 saturated heterocycles. The Balaban J connectivity index is 0.00000212. The summed E-state index contributed by atoms with van der Waals surface area (Å²) < 4.78 is 31.3. The van der Waals surface area contributed by atoms with Gasteiger partial charge in [0.1, 0.15) is 17.4 Å². The molecule has 43 heavy (non-hydrogen) atoms. The van der Waals surface area contributed by atoms with Crippen molar-refractivity contribution < 1.29 is 22.7 Å². The lowest BCUT2D eigenvalue weighted by atomic mass is 10.1. The second-order valence-corrected chi connectivity index (χ2v) is 13.4. The fraction of sp³-hybridized carbons (Fsp3) is 0.355. The second-order valence-electron chi connectivity index (χ2n) is 11.1. The van der Waals surface area contributed by atoms with Gasteiger partial charge in [-0.25, -0.2) is 13.4 Å². The fourth-order valence-electron chi connectivity index (χ4n) is 5.54. The van der Waals surface area contributed by atoms with Gasteiger partial charge in [0, 0.05) is 29.8 Å². The maximum absolute atomic E-state index is 13.3. The van der Waals surface area contributed by atoms with E-state index in [2.05, 4.69) is 23.3 Å². The lowest BCUT2D eigenvalue weighted by Gasteiger charge is -2.20. The first-order valence-electron chi connectivity index (χ1n) is 13.7. The van der Waals surface area contributed by atoms with Crippen molar-refractivity contribution >= 4 is 57.1 Å². The Bertz CT molecular complexity index is 1710. The van der Waals surface area contributed by atoms with Crippen molar-refractivity contribution in [2.24, 2.45) is 5.92 Å². The minimum Gasteiger partial charge on any atom is -0.472 e. The van der Waals surface area contributed by atoms with Crippen molar-refractivity contribution in [1.29, 1.82) is 5.26 Å². The summed E-state index contributed by atoms with van der Waals surface area (Å²) in [6, 6.07) is 18.4. The third-order valence-electron chi connectivity index (χ3n) is 8.21. The van der Waals surface area contributed by atoms with E-state index in [-0.39, 0.29) is 42.7 Å². The fourth-order valence-corrected chi connectivity index (χ4v) is 7.25. The first-order chi connectivity index (χ1) is 19.7. The summed E-state index contributed by atoms with van der Waals surface area (Å²) in [6.07, 6.45) is 3.14. The number of hydrogen-bond donors (Lipinski definition) is 2. The van der Waals surface area contributed by atoms with Gasteiger partial charge in [0.2, 0.25) is 11.8 Å². The average Bonchev–Trinajstić information content (AvgIpc) is 3.90. The summed E-state index contributed by atoms with van der Waals surface area (Å²) >= 11 is 0. The first kappa shape index (κ1) is 32.4. The van der Waals surface area contributed by atoms with Crippen LogP contribution in [0.1, 0.15) is 31.2 Å². The number of carbonyl (C=O) groups excluding carboxylic acids is 2. The van der Waals surface area contributed by atoms with Crippen LogP contribution in [0.2, 0.25) is 0 Å². The monoisotopic (exact) mass is 642 g/mol. The van der Waals surface area contributed by atoms with Crippen LogP contribution in [-0.2, 0) is 19.4 Å². The van der Waals surface area contributed by atoms with Gasteiger partial charge in [0.25, 0.3) is 0 Å². The molecule has 2 aromatic carbocycles. The molecule has 0 radical (unpaired) electrons. The van der Waals surface area contributed by atoms with E-state index in [9.17, 15) is 18.0 Å². The van der Waals surface area contributed by atoms with Crippen LogP contribution in [0.25, 0.3) is 22.0 Å². The normalized spacial score (nSPS) is 24.1. The van der Waals surface area contributed by atoms with Crippen LogP contribution >= 0.6 is 24.8 Å². The minimum atomic E-state index is -3.50. The van der Waals surface area contributed by atoms with E-state index in [0.29, 0.717) is 49.4 Å². The van der Waals surface area contributed by atoms with Crippen LogP contribution in [-0.4, -0.2) is 60.3 Å². The molecule has 2 heterocycles. The Morgan fingerprint density at radius 1 is 1.16 bits per heavy atom. The number of nitrogens with zero attached hydrogens (tertiary/aromatic N) is 2. The second kappa shape index (κ2) is 12.6. The number of Topliss-reactive ketones (excluding diaryl/α,β-unsaturated/α-hetero) is 1. The number of halogens is 2. The van der Waals surface area contributed by atoms with E-state index < -0.39 is 38.2 Å². The van der Waals surface area contributed by atoms with E-state index in [0.717, 1.165) is 16.3 Å². The molecule has 226 valence electrons. The zero-order valence-electron chi connectivity index (χ0n) is 23.2. The molecule has 3 fully saturated rings. The highest BCUT2D eigenvalue weighted by atomic mass is 35.5. The van der Waals surface area contributed by atoms with Crippen LogP contribution in [0.4, 0.5) is 0 Å². The van der Waals surface area contributed by atoms with Crippen molar-refractivity contribution in [2.45, 2.75) is 48.6 Å². The number of amides is 1. The van der Waals surface area contributed by atoms with Gasteiger partial charge in [-0.15, -0.1) is 31.4 Å². The molecule has 6 rings (SSSR count). The Kier molecular flexibility index (Phi) is 9.52. The molecule has 2 aliphatic carbocycles. The molecule has 9 nitrogen and oxygen atoms in total. The summed E-state index contributed by atoms with van der Waals surface area (Å²) in [6.45, 7) is 4.16. The quantitative estimate of drug-likeness (QED) is 0.317. The summed E-state index contributed by atoms with van der Waals surface area (Å²) in [7, 11) is -3.50. The summed E-state index contributed by atoms with van der Waals surface area (Å²) in [5, 5.41) is 16.5. The van der Waals surface area contributed by atoms with Crippen molar-refractivity contribution in [1.82, 2.24) is 15.6 Å². The molecular formula is C31H32Cl2N4O5S. The number of pyridine rings is 1. The predicted molar refractivity (Wildman–Crippen MR) is 168 cm³/mol. The Labute approximate surface area is 262 Å². The van der Waals surface area contributed by atoms with Gasteiger partial charge >= 0.3 is 0 Å². The molecule has 3 aliphatic rings. The SMILES string of the molecule is C=C[C@@H]1C[C@]1(NC(=O)[C@@H]1C[C@@H](Oc2nc(-c3ccc(C#N)cc3)cc3ccccc23)CN1)C(=O)CS(=O)(=O)C1CC1.Cl.Cl. The molecule has 1 aliphatic heterocycles. The largest absolute Gasteiger partial charge is 0.472 e. The number of nitrogens with one attached hydrogen (secondary N) is 2. The number of aromatic nitrogens is 1. The average molecular weight is 644 g/mol. The Morgan fingerprint density at radius 3 is 2.53 bits per heavy atom. The zero-order chi connectivity index (χ0) is 28.8. The molecule has 12 heteroatoms. The number of ether oxygens (including phenoxy) is 1. The van der Waals surface area contributed by atoms with E-state index in [4.69, 9.17) is 15.0 Å². The highest BCUT2D eigenvalue weighted by Crippen LogP contribution is 2.46. The van der Waals surface area contributed by atoms with Crippen molar-refractivity contribution in [3.05, 3.63) is 72.8 Å². The van der Waals surface area contributed by atoms with Gasteiger partial charge in [-0.05, 0) is 48.9 Å². The lowest BCUT2D eigenvalue weighted by molar-refractivity contribution is -0.129. The third kappa shape index (κ3) is 6.55. The summed E-state index contributed by atoms with van der Waals surface area (Å²) in [5.41, 5.74) is 0.899. The minimum absolute atomic E-state index is 0. The number of hydrogen-bond acceptors (Lipinski definition) is 8. The Hall–Kier alpha value is -3.49. The van der Waals surface area contributed by atoms with Gasteiger partial charge in [0.05, 0.1) is 28.6 Å². The number of benzene rings is 2. The van der Waals surface area contributed by atoms with Gasteiger partial charge in [-0.1, -0.05) is 36.4 Å². The number of nitriles is 1. The van der Waals surface area contributed by atoms with Crippen molar-refractivity contribution in [3.8, 4) is 23.2 Å².